The maximum Gasteiger partial charge on any atom is 0.251 e. The molecule has 1 heterocycles. The first kappa shape index (κ1) is 24.2. The lowest BCUT2D eigenvalue weighted by molar-refractivity contribution is -0.118. The first-order chi connectivity index (χ1) is 17.0. The van der Waals surface area contributed by atoms with Crippen molar-refractivity contribution in [3.8, 4) is 17.1 Å². The third-order valence-corrected chi connectivity index (χ3v) is 6.11. The van der Waals surface area contributed by atoms with Crippen molar-refractivity contribution in [3.05, 3.63) is 95.8 Å². The summed E-state index contributed by atoms with van der Waals surface area (Å²) in [6, 6.07) is 23.8. The molecule has 3 aromatic carbocycles. The van der Waals surface area contributed by atoms with Crippen LogP contribution in [0.25, 0.3) is 17.1 Å². The maximum absolute atomic E-state index is 13.6. The van der Waals surface area contributed by atoms with Gasteiger partial charge in [0.25, 0.3) is 5.91 Å². The van der Waals surface area contributed by atoms with Crippen molar-refractivity contribution in [1.29, 1.82) is 0 Å². The summed E-state index contributed by atoms with van der Waals surface area (Å²) in [7, 11) is 0. The minimum absolute atomic E-state index is 0.136. The first-order valence-corrected chi connectivity index (χ1v) is 12.0. The number of nitrogens with zero attached hydrogens (tertiary/aromatic N) is 3. The van der Waals surface area contributed by atoms with E-state index in [1.54, 1.807) is 19.1 Å². The third kappa shape index (κ3) is 6.13. The zero-order chi connectivity index (χ0) is 24.6. The second-order valence-electron chi connectivity index (χ2n) is 7.70. The number of amides is 2. The van der Waals surface area contributed by atoms with E-state index in [2.05, 4.69) is 20.8 Å². The molecule has 7 nitrogen and oxygen atoms in total. The van der Waals surface area contributed by atoms with E-state index < -0.39 is 11.7 Å². The Morgan fingerprint density at radius 2 is 1.60 bits per heavy atom. The molecule has 0 aliphatic heterocycles. The number of hydrogen-bond donors (Lipinski definition) is 2. The van der Waals surface area contributed by atoms with Crippen molar-refractivity contribution in [2.24, 2.45) is 0 Å². The van der Waals surface area contributed by atoms with Crippen molar-refractivity contribution in [3.63, 3.8) is 0 Å². The van der Waals surface area contributed by atoms with Crippen LogP contribution < -0.4 is 10.6 Å². The second kappa shape index (κ2) is 11.4. The number of aromatic nitrogens is 3. The Morgan fingerprint density at radius 3 is 2.31 bits per heavy atom. The molecule has 0 bridgehead atoms. The minimum Gasteiger partial charge on any atom is -0.354 e. The number of halogens is 1. The van der Waals surface area contributed by atoms with Gasteiger partial charge in [0.15, 0.2) is 11.0 Å². The van der Waals surface area contributed by atoms with Crippen LogP contribution in [0.2, 0.25) is 0 Å². The lowest BCUT2D eigenvalue weighted by atomic mass is 10.1. The number of carbonyl (C=O) groups is 2. The van der Waals surface area contributed by atoms with Crippen molar-refractivity contribution < 1.29 is 14.0 Å². The van der Waals surface area contributed by atoms with Gasteiger partial charge in [-0.15, -0.1) is 10.2 Å². The predicted molar refractivity (Wildman–Crippen MR) is 134 cm³/mol. The molecule has 35 heavy (non-hydrogen) atoms. The number of hydrogen-bond acceptors (Lipinski definition) is 5. The molecule has 0 saturated carbocycles. The summed E-state index contributed by atoms with van der Waals surface area (Å²) in [5.41, 5.74) is 2.54. The molecule has 0 atom stereocenters. The van der Waals surface area contributed by atoms with Gasteiger partial charge in [-0.05, 0) is 36.8 Å². The zero-order valence-corrected chi connectivity index (χ0v) is 19.9. The van der Waals surface area contributed by atoms with Gasteiger partial charge in [0, 0.05) is 29.9 Å². The monoisotopic (exact) mass is 489 g/mol. The summed E-state index contributed by atoms with van der Waals surface area (Å²) >= 11 is 1.28. The summed E-state index contributed by atoms with van der Waals surface area (Å²) in [6.07, 6.45) is 0. The maximum atomic E-state index is 13.6. The fraction of sp³-hybridized carbons (Fsp3) is 0.154. The normalized spacial score (nSPS) is 10.7. The van der Waals surface area contributed by atoms with E-state index in [0.717, 1.165) is 11.3 Å². The highest BCUT2D eigenvalue weighted by molar-refractivity contribution is 7.99. The molecule has 0 aliphatic rings. The summed E-state index contributed by atoms with van der Waals surface area (Å²) in [4.78, 5) is 24.5. The van der Waals surface area contributed by atoms with E-state index >= 15 is 0 Å². The van der Waals surface area contributed by atoms with Crippen LogP contribution in [0.1, 0.15) is 15.9 Å². The first-order valence-electron chi connectivity index (χ1n) is 11.0. The molecule has 4 rings (SSSR count). The number of para-hydroxylation sites is 1. The number of benzene rings is 3. The number of rotatable bonds is 9. The quantitative estimate of drug-likeness (QED) is 0.274. The summed E-state index contributed by atoms with van der Waals surface area (Å²) < 4.78 is 15.6. The molecule has 0 fully saturated rings. The highest BCUT2D eigenvalue weighted by Gasteiger charge is 2.17. The van der Waals surface area contributed by atoms with Gasteiger partial charge in [-0.2, -0.15) is 0 Å². The molecule has 2 N–H and O–H groups in total. The largest absolute Gasteiger partial charge is 0.354 e. The van der Waals surface area contributed by atoms with Crippen molar-refractivity contribution in [2.45, 2.75) is 12.1 Å². The van der Waals surface area contributed by atoms with E-state index in [1.807, 2.05) is 65.2 Å². The third-order valence-electron chi connectivity index (χ3n) is 5.18. The lowest BCUT2D eigenvalue weighted by Crippen LogP contribution is -2.35. The molecule has 178 valence electrons. The van der Waals surface area contributed by atoms with E-state index in [9.17, 15) is 14.0 Å². The van der Waals surface area contributed by atoms with Crippen LogP contribution in [0.4, 0.5) is 4.39 Å². The van der Waals surface area contributed by atoms with Crippen molar-refractivity contribution >= 4 is 23.6 Å². The second-order valence-corrected chi connectivity index (χ2v) is 8.64. The summed E-state index contributed by atoms with van der Waals surface area (Å²) in [5.74, 6) is -0.195. The van der Waals surface area contributed by atoms with E-state index in [4.69, 9.17) is 0 Å². The molecule has 2 amide bonds. The average molecular weight is 490 g/mol. The van der Waals surface area contributed by atoms with Crippen molar-refractivity contribution in [1.82, 2.24) is 25.4 Å². The molecule has 1 aromatic heterocycles. The van der Waals surface area contributed by atoms with Gasteiger partial charge in [0.1, 0.15) is 5.82 Å². The van der Waals surface area contributed by atoms with Gasteiger partial charge in [-0.25, -0.2) is 4.39 Å². The van der Waals surface area contributed by atoms with Crippen LogP contribution in [0.5, 0.6) is 0 Å². The summed E-state index contributed by atoms with van der Waals surface area (Å²) in [6.45, 7) is 2.11. The highest BCUT2D eigenvalue weighted by Crippen LogP contribution is 2.27. The van der Waals surface area contributed by atoms with Crippen molar-refractivity contribution in [2.75, 3.05) is 18.8 Å². The Kier molecular flexibility index (Phi) is 7.89. The Bertz CT molecular complexity index is 1310. The molecule has 4 aromatic rings. The van der Waals surface area contributed by atoms with Crippen LogP contribution >= 0.6 is 11.8 Å². The standard InChI is InChI=1S/C26H24FN5O2S/c1-18-12-13-20(16-22(18)27)25(34)29-15-14-28-23(33)17-35-26-31-30-24(19-8-4-2-5-9-19)32(26)21-10-6-3-7-11-21/h2-13,16H,14-15,17H2,1H3,(H,28,33)(H,29,34). The Hall–Kier alpha value is -3.98. The van der Waals surface area contributed by atoms with Gasteiger partial charge in [0.05, 0.1) is 5.75 Å². The van der Waals surface area contributed by atoms with E-state index in [-0.39, 0.29) is 30.3 Å². The lowest BCUT2D eigenvalue weighted by Gasteiger charge is -2.10. The van der Waals surface area contributed by atoms with Gasteiger partial charge < -0.3 is 10.6 Å². The van der Waals surface area contributed by atoms with Gasteiger partial charge in [0.2, 0.25) is 5.91 Å². The zero-order valence-electron chi connectivity index (χ0n) is 19.1. The van der Waals surface area contributed by atoms with Gasteiger partial charge in [-0.3, -0.25) is 14.2 Å². The van der Waals surface area contributed by atoms with Crippen LogP contribution in [0, 0.1) is 12.7 Å². The molecule has 0 radical (unpaired) electrons. The van der Waals surface area contributed by atoms with Crippen LogP contribution in [0.3, 0.4) is 0 Å². The average Bonchev–Trinajstić information content (AvgIpc) is 3.32. The fourth-order valence-electron chi connectivity index (χ4n) is 3.34. The fourth-order valence-corrected chi connectivity index (χ4v) is 4.12. The number of aryl methyl sites for hydroxylation is 1. The highest BCUT2D eigenvalue weighted by atomic mass is 32.2. The van der Waals surface area contributed by atoms with E-state index in [0.29, 0.717) is 16.5 Å². The SMILES string of the molecule is Cc1ccc(C(=O)NCCNC(=O)CSc2nnc(-c3ccccc3)n2-c2ccccc2)cc1F. The number of carbonyl (C=O) groups excluding carboxylic acids is 2. The molecule has 0 aliphatic carbocycles. The van der Waals surface area contributed by atoms with Crippen LogP contribution in [-0.2, 0) is 4.79 Å². The minimum atomic E-state index is -0.429. The predicted octanol–water partition coefficient (Wildman–Crippen LogP) is 4.02. The number of thioether (sulfide) groups is 1. The summed E-state index contributed by atoms with van der Waals surface area (Å²) in [5, 5.41) is 14.7. The Balaban J connectivity index is 1.33. The number of nitrogens with one attached hydrogen (secondary N) is 2. The molecule has 0 unspecified atom stereocenters. The van der Waals surface area contributed by atoms with Gasteiger partial charge in [-0.1, -0.05) is 66.4 Å². The smallest absolute Gasteiger partial charge is 0.251 e. The van der Waals surface area contributed by atoms with Crippen LogP contribution in [0.15, 0.2) is 84.0 Å². The molecular formula is C26H24FN5O2S. The molecule has 0 saturated heterocycles. The Labute approximate surface area is 206 Å². The molecular weight excluding hydrogens is 465 g/mol. The van der Waals surface area contributed by atoms with Crippen LogP contribution in [-0.4, -0.2) is 45.4 Å². The Morgan fingerprint density at radius 1 is 0.914 bits per heavy atom. The van der Waals surface area contributed by atoms with E-state index in [1.165, 1.54) is 17.8 Å². The molecule has 9 heteroatoms. The van der Waals surface area contributed by atoms with Gasteiger partial charge >= 0.3 is 0 Å². The molecule has 0 spiro atoms. The topological polar surface area (TPSA) is 88.9 Å².